The van der Waals surface area contributed by atoms with Crippen LogP contribution in [0.5, 0.6) is 0 Å². The summed E-state index contributed by atoms with van der Waals surface area (Å²) in [5.74, 6) is -0.204. The first-order valence-electron chi connectivity index (χ1n) is 7.76. The Hall–Kier alpha value is -2.67. The van der Waals surface area contributed by atoms with Crippen molar-refractivity contribution >= 4 is 32.5 Å². The fourth-order valence-electron chi connectivity index (χ4n) is 2.58. The predicted octanol–water partition coefficient (Wildman–Crippen LogP) is 2.70. The molecule has 0 bridgehead atoms. The van der Waals surface area contributed by atoms with Gasteiger partial charge in [-0.15, -0.1) is 0 Å². The van der Waals surface area contributed by atoms with E-state index in [-0.39, 0.29) is 17.3 Å². The van der Waals surface area contributed by atoms with Crippen molar-refractivity contribution < 1.29 is 13.2 Å². The number of nitrogens with zero attached hydrogens (tertiary/aromatic N) is 2. The molecule has 0 saturated carbocycles. The molecule has 0 atom stereocenters. The number of carbonyl (C=O) groups is 1. The lowest BCUT2D eigenvalue weighted by Gasteiger charge is -2.08. The third kappa shape index (κ3) is 3.71. The lowest BCUT2D eigenvalue weighted by Crippen LogP contribution is -2.18. The van der Waals surface area contributed by atoms with Crippen LogP contribution in [0.1, 0.15) is 11.1 Å². The third-order valence-corrected chi connectivity index (χ3v) is 5.25. The summed E-state index contributed by atoms with van der Waals surface area (Å²) in [5.41, 5.74) is 4.62. The van der Waals surface area contributed by atoms with Crippen LogP contribution in [0.2, 0.25) is 0 Å². The van der Waals surface area contributed by atoms with Crippen LogP contribution >= 0.6 is 0 Å². The Bertz CT molecular complexity index is 1050. The summed E-state index contributed by atoms with van der Waals surface area (Å²) in [5, 5.41) is 2.77. The van der Waals surface area contributed by atoms with E-state index in [1.54, 1.807) is 23.0 Å². The van der Waals surface area contributed by atoms with Gasteiger partial charge in [0.05, 0.1) is 22.3 Å². The Morgan fingerprint density at radius 2 is 1.76 bits per heavy atom. The van der Waals surface area contributed by atoms with Gasteiger partial charge in [-0.25, -0.2) is 13.4 Å². The van der Waals surface area contributed by atoms with E-state index in [0.717, 1.165) is 28.4 Å². The summed E-state index contributed by atoms with van der Waals surface area (Å²) in [6.07, 6.45) is 2.80. The van der Waals surface area contributed by atoms with Crippen LogP contribution in [-0.2, 0) is 21.2 Å². The number of benzene rings is 2. The van der Waals surface area contributed by atoms with E-state index in [1.807, 2.05) is 26.0 Å². The van der Waals surface area contributed by atoms with Crippen LogP contribution in [0, 0.1) is 13.8 Å². The fourth-order valence-corrected chi connectivity index (χ4v) is 3.21. The van der Waals surface area contributed by atoms with E-state index < -0.39 is 9.84 Å². The summed E-state index contributed by atoms with van der Waals surface area (Å²) >= 11 is 0. The molecular weight excluding hydrogens is 338 g/mol. The van der Waals surface area contributed by atoms with Gasteiger partial charge < -0.3 is 9.88 Å². The van der Waals surface area contributed by atoms with Crippen molar-refractivity contribution in [1.29, 1.82) is 0 Å². The van der Waals surface area contributed by atoms with Crippen molar-refractivity contribution in [3.05, 3.63) is 53.9 Å². The van der Waals surface area contributed by atoms with Gasteiger partial charge in [-0.05, 0) is 61.4 Å². The van der Waals surface area contributed by atoms with Gasteiger partial charge in [0.15, 0.2) is 9.84 Å². The lowest BCUT2D eigenvalue weighted by molar-refractivity contribution is -0.116. The van der Waals surface area contributed by atoms with E-state index in [0.29, 0.717) is 5.69 Å². The first kappa shape index (κ1) is 17.2. The van der Waals surface area contributed by atoms with E-state index in [2.05, 4.69) is 10.3 Å². The molecule has 2 aromatic carbocycles. The lowest BCUT2D eigenvalue weighted by atomic mass is 10.1. The molecule has 3 rings (SSSR count). The second kappa shape index (κ2) is 6.33. The number of imidazole rings is 1. The Balaban J connectivity index is 1.76. The molecular formula is C18H19N3O3S. The third-order valence-electron chi connectivity index (χ3n) is 4.12. The first-order chi connectivity index (χ1) is 11.7. The zero-order valence-corrected chi connectivity index (χ0v) is 15.1. The van der Waals surface area contributed by atoms with Gasteiger partial charge in [-0.3, -0.25) is 4.79 Å². The first-order valence-corrected chi connectivity index (χ1v) is 9.65. The van der Waals surface area contributed by atoms with Crippen molar-refractivity contribution in [2.24, 2.45) is 0 Å². The highest BCUT2D eigenvalue weighted by Crippen LogP contribution is 2.19. The van der Waals surface area contributed by atoms with Crippen LogP contribution in [0.4, 0.5) is 5.69 Å². The van der Waals surface area contributed by atoms with E-state index >= 15 is 0 Å². The number of amides is 1. The molecule has 3 aromatic rings. The van der Waals surface area contributed by atoms with Crippen LogP contribution in [0.3, 0.4) is 0 Å². The zero-order chi connectivity index (χ0) is 18.2. The second-order valence-corrected chi connectivity index (χ2v) is 8.16. The molecule has 0 aliphatic carbocycles. The minimum atomic E-state index is -3.25. The number of hydrogen-bond acceptors (Lipinski definition) is 4. The summed E-state index contributed by atoms with van der Waals surface area (Å²) < 4.78 is 24.7. The highest BCUT2D eigenvalue weighted by atomic mass is 32.2. The maximum Gasteiger partial charge on any atom is 0.244 e. The average molecular weight is 357 g/mol. The standard InChI is InChI=1S/C18H19N3O3S/c1-12-8-16-17(9-13(12)2)21(11-19-16)10-18(22)20-14-4-6-15(7-5-14)25(3,23)24/h4-9,11H,10H2,1-3H3,(H,20,22). The molecule has 130 valence electrons. The molecule has 25 heavy (non-hydrogen) atoms. The number of sulfone groups is 1. The quantitative estimate of drug-likeness (QED) is 0.778. The number of nitrogens with one attached hydrogen (secondary N) is 1. The number of anilines is 1. The maximum atomic E-state index is 12.3. The summed E-state index contributed by atoms with van der Waals surface area (Å²) in [6, 6.07) is 10.1. The molecule has 1 aromatic heterocycles. The summed E-state index contributed by atoms with van der Waals surface area (Å²) in [4.78, 5) is 16.8. The highest BCUT2D eigenvalue weighted by molar-refractivity contribution is 7.90. The molecule has 0 aliphatic heterocycles. The number of fused-ring (bicyclic) bond motifs is 1. The predicted molar refractivity (Wildman–Crippen MR) is 97.4 cm³/mol. The van der Waals surface area contributed by atoms with Crippen molar-refractivity contribution in [3.8, 4) is 0 Å². The van der Waals surface area contributed by atoms with Crippen LogP contribution in [0.25, 0.3) is 11.0 Å². The van der Waals surface area contributed by atoms with Crippen molar-refractivity contribution in [2.75, 3.05) is 11.6 Å². The Morgan fingerprint density at radius 1 is 1.12 bits per heavy atom. The molecule has 0 unspecified atom stereocenters. The highest BCUT2D eigenvalue weighted by Gasteiger charge is 2.10. The molecule has 0 spiro atoms. The smallest absolute Gasteiger partial charge is 0.244 e. The monoisotopic (exact) mass is 357 g/mol. The number of rotatable bonds is 4. The number of carbonyl (C=O) groups excluding carboxylic acids is 1. The molecule has 0 aliphatic rings. The minimum absolute atomic E-state index is 0.132. The normalized spacial score (nSPS) is 11.6. The Kier molecular flexibility index (Phi) is 4.34. The van der Waals surface area contributed by atoms with Crippen LogP contribution in [-0.4, -0.2) is 30.1 Å². The summed E-state index contributed by atoms with van der Waals surface area (Å²) in [6.45, 7) is 4.18. The molecule has 7 heteroatoms. The van der Waals surface area contributed by atoms with Crippen LogP contribution in [0.15, 0.2) is 47.6 Å². The van der Waals surface area contributed by atoms with E-state index in [4.69, 9.17) is 0 Å². The van der Waals surface area contributed by atoms with Crippen molar-refractivity contribution in [3.63, 3.8) is 0 Å². The topological polar surface area (TPSA) is 81.1 Å². The molecule has 0 radical (unpaired) electrons. The van der Waals surface area contributed by atoms with Gasteiger partial charge in [0.2, 0.25) is 5.91 Å². The molecule has 0 fully saturated rings. The molecule has 1 heterocycles. The number of aryl methyl sites for hydroxylation is 2. The number of aromatic nitrogens is 2. The average Bonchev–Trinajstić information content (AvgIpc) is 2.89. The van der Waals surface area contributed by atoms with Crippen LogP contribution < -0.4 is 5.32 Å². The van der Waals surface area contributed by atoms with Crippen molar-refractivity contribution in [2.45, 2.75) is 25.3 Å². The molecule has 1 amide bonds. The van der Waals surface area contributed by atoms with Gasteiger partial charge in [-0.1, -0.05) is 0 Å². The van der Waals surface area contributed by atoms with Crippen molar-refractivity contribution in [1.82, 2.24) is 9.55 Å². The van der Waals surface area contributed by atoms with Gasteiger partial charge in [0, 0.05) is 11.9 Å². The van der Waals surface area contributed by atoms with E-state index in [9.17, 15) is 13.2 Å². The summed E-state index contributed by atoms with van der Waals surface area (Å²) in [7, 11) is -3.25. The largest absolute Gasteiger partial charge is 0.325 e. The maximum absolute atomic E-state index is 12.3. The fraction of sp³-hybridized carbons (Fsp3) is 0.222. The second-order valence-electron chi connectivity index (χ2n) is 6.14. The zero-order valence-electron chi connectivity index (χ0n) is 14.3. The SMILES string of the molecule is Cc1cc2ncn(CC(=O)Nc3ccc(S(C)(=O)=O)cc3)c2cc1C. The van der Waals surface area contributed by atoms with Gasteiger partial charge in [0.1, 0.15) is 6.54 Å². The van der Waals surface area contributed by atoms with Gasteiger partial charge >= 0.3 is 0 Å². The molecule has 0 saturated heterocycles. The molecule has 1 N–H and O–H groups in total. The Morgan fingerprint density at radius 3 is 2.40 bits per heavy atom. The Labute approximate surface area is 146 Å². The van der Waals surface area contributed by atoms with Gasteiger partial charge in [-0.2, -0.15) is 0 Å². The van der Waals surface area contributed by atoms with E-state index in [1.165, 1.54) is 12.1 Å². The minimum Gasteiger partial charge on any atom is -0.325 e. The number of hydrogen-bond donors (Lipinski definition) is 1. The van der Waals surface area contributed by atoms with Gasteiger partial charge in [0.25, 0.3) is 0 Å². The molecule has 6 nitrogen and oxygen atoms in total.